The highest BCUT2D eigenvalue weighted by Gasteiger charge is 2.02. The number of halogens is 2. The number of rotatable bonds is 2. The first-order valence-electron chi connectivity index (χ1n) is 1.30. The zero-order chi connectivity index (χ0) is 5.86. The number of alkyl halides is 2. The Bertz CT molecular complexity index is 73.3. The third-order valence-electron chi connectivity index (χ3n) is 0.190. The quantitative estimate of drug-likeness (QED) is 0.559. The van der Waals surface area contributed by atoms with Crippen LogP contribution in [0.3, 0.4) is 0 Å². The summed E-state index contributed by atoms with van der Waals surface area (Å²) in [7, 11) is -3.43. The van der Waals surface area contributed by atoms with Crippen molar-refractivity contribution in [3.05, 3.63) is 0 Å². The summed E-state index contributed by atoms with van der Waals surface area (Å²) in [5.41, 5.74) is 0. The topological polar surface area (TPSA) is 46.5 Å². The Hall–Kier alpha value is 0.01000. The predicted molar refractivity (Wildman–Crippen MR) is 18.3 cm³/mol. The number of hydrogen-bond donors (Lipinski definition) is 1. The van der Waals surface area contributed by atoms with Crippen molar-refractivity contribution in [3.63, 3.8) is 0 Å². The largest absolute Gasteiger partial charge is 0.351 e. The van der Waals surface area contributed by atoms with E-state index in [1.807, 2.05) is 0 Å². The van der Waals surface area contributed by atoms with Gasteiger partial charge in [0, 0.05) is 0 Å². The van der Waals surface area contributed by atoms with E-state index in [1.54, 1.807) is 0 Å². The minimum atomic E-state index is -3.43. The molecule has 0 rings (SSSR count). The van der Waals surface area contributed by atoms with Crippen molar-refractivity contribution in [3.8, 4) is 0 Å². The maximum absolute atomic E-state index is 10.7. The predicted octanol–water partition coefficient (Wildman–Crippen LogP) is 0.608. The summed E-state index contributed by atoms with van der Waals surface area (Å²) in [6.07, 6.45) is 0. The van der Waals surface area contributed by atoms with Crippen molar-refractivity contribution in [1.82, 2.24) is 0 Å². The lowest BCUT2D eigenvalue weighted by molar-refractivity contribution is -0.0507. The van der Waals surface area contributed by atoms with Gasteiger partial charge in [-0.25, -0.2) is 4.52 Å². The summed E-state index contributed by atoms with van der Waals surface area (Å²) in [5, 5.41) is 0. The normalized spacial score (nSPS) is 14.9. The summed E-state index contributed by atoms with van der Waals surface area (Å²) in [4.78, 5) is 7.57. The van der Waals surface area contributed by atoms with Crippen LogP contribution in [0.15, 0.2) is 0 Å². The van der Waals surface area contributed by atoms with Gasteiger partial charge in [0.15, 0.2) is 0 Å². The molecule has 1 N–H and O–H groups in total. The number of hydrogen-bond acceptors (Lipinski definition) is 2. The van der Waals surface area contributed by atoms with Crippen LogP contribution in [-0.2, 0) is 9.09 Å². The van der Waals surface area contributed by atoms with E-state index >= 15 is 0 Å². The van der Waals surface area contributed by atoms with Gasteiger partial charge in [0.05, 0.1) is 0 Å². The second-order valence-corrected chi connectivity index (χ2v) is 1.41. The molecule has 0 saturated heterocycles. The molecular weight excluding hydrogens is 129 g/mol. The molecule has 3 nitrogen and oxygen atoms in total. The summed E-state index contributed by atoms with van der Waals surface area (Å²) < 4.78 is 33.8. The first-order valence-corrected chi connectivity index (χ1v) is 2.57. The van der Waals surface area contributed by atoms with Gasteiger partial charge < -0.3 is 4.89 Å². The molecule has 0 aliphatic carbocycles. The van der Waals surface area contributed by atoms with Crippen LogP contribution in [0.4, 0.5) is 8.78 Å². The summed E-state index contributed by atoms with van der Waals surface area (Å²) in [5.74, 6) is 0. The molecule has 0 aromatic rings. The Morgan fingerprint density at radius 2 is 2.14 bits per heavy atom. The van der Waals surface area contributed by atoms with Gasteiger partial charge in [-0.05, 0) is 0 Å². The van der Waals surface area contributed by atoms with Gasteiger partial charge in [0.25, 0.3) is 0 Å². The van der Waals surface area contributed by atoms with Gasteiger partial charge in [0.1, 0.15) is 0 Å². The lowest BCUT2D eigenvalue weighted by Crippen LogP contribution is -1.87. The lowest BCUT2D eigenvalue weighted by Gasteiger charge is -1.91. The Morgan fingerprint density at radius 1 is 1.71 bits per heavy atom. The third kappa shape index (κ3) is 6.01. The molecule has 0 aliphatic rings. The second kappa shape index (κ2) is 3.07. The van der Waals surface area contributed by atoms with Crippen molar-refractivity contribution >= 4 is 8.25 Å². The van der Waals surface area contributed by atoms with Crippen LogP contribution in [0.2, 0.25) is 0 Å². The molecular formula is CH3F2O3P. The van der Waals surface area contributed by atoms with Crippen LogP contribution < -0.4 is 0 Å². The van der Waals surface area contributed by atoms with Crippen molar-refractivity contribution in [2.45, 2.75) is 6.61 Å². The molecule has 0 bridgehead atoms. The third-order valence-corrected chi connectivity index (χ3v) is 0.570. The Balaban J connectivity index is 3.13. The molecule has 6 heteroatoms. The van der Waals surface area contributed by atoms with Gasteiger partial charge in [-0.3, -0.25) is 4.57 Å². The van der Waals surface area contributed by atoms with E-state index in [4.69, 9.17) is 4.89 Å². The van der Waals surface area contributed by atoms with Crippen molar-refractivity contribution in [2.24, 2.45) is 0 Å². The fraction of sp³-hybridized carbons (Fsp3) is 1.00. The van der Waals surface area contributed by atoms with Gasteiger partial charge >= 0.3 is 14.9 Å². The maximum Gasteiger partial charge on any atom is 0.351 e. The van der Waals surface area contributed by atoms with E-state index in [2.05, 4.69) is 4.52 Å². The molecule has 7 heavy (non-hydrogen) atoms. The summed E-state index contributed by atoms with van der Waals surface area (Å²) in [6, 6.07) is 0. The Kier molecular flexibility index (Phi) is 3.07. The van der Waals surface area contributed by atoms with Crippen LogP contribution in [-0.4, -0.2) is 11.5 Å². The van der Waals surface area contributed by atoms with E-state index in [1.165, 1.54) is 0 Å². The minimum Gasteiger partial charge on any atom is -0.326 e. The van der Waals surface area contributed by atoms with Gasteiger partial charge in [-0.15, -0.1) is 0 Å². The first kappa shape index (κ1) is 7.01. The summed E-state index contributed by atoms with van der Waals surface area (Å²) in [6.45, 7) is -3.14. The Labute approximate surface area is 38.9 Å². The van der Waals surface area contributed by atoms with E-state index in [0.29, 0.717) is 0 Å². The molecule has 0 aromatic carbocycles. The summed E-state index contributed by atoms with van der Waals surface area (Å²) >= 11 is 0. The van der Waals surface area contributed by atoms with Crippen LogP contribution in [0.5, 0.6) is 0 Å². The van der Waals surface area contributed by atoms with Crippen molar-refractivity contribution < 1.29 is 22.8 Å². The fourth-order valence-electron chi connectivity index (χ4n) is 0.0762. The van der Waals surface area contributed by atoms with Gasteiger partial charge in [-0.1, -0.05) is 0 Å². The van der Waals surface area contributed by atoms with E-state index in [-0.39, 0.29) is 0 Å². The first-order chi connectivity index (χ1) is 3.13. The molecule has 0 spiro atoms. The highest BCUT2D eigenvalue weighted by Crippen LogP contribution is 2.18. The highest BCUT2D eigenvalue weighted by molar-refractivity contribution is 7.32. The molecule has 1 atom stereocenters. The minimum absolute atomic E-state index is 3.02. The van der Waals surface area contributed by atoms with Crippen LogP contribution in [0, 0.1) is 0 Å². The monoisotopic (exact) mass is 132 g/mol. The van der Waals surface area contributed by atoms with E-state index < -0.39 is 14.9 Å². The lowest BCUT2D eigenvalue weighted by atomic mass is 11.5. The highest BCUT2D eigenvalue weighted by atomic mass is 31.1. The standard InChI is InChI=1S/CH3F2O3P/c2-1(3)6-7(4)5/h1,7H,(H,4,5). The zero-order valence-corrected chi connectivity index (χ0v) is 4.10. The Morgan fingerprint density at radius 3 is 2.14 bits per heavy atom. The molecule has 0 fully saturated rings. The average molecular weight is 132 g/mol. The molecule has 0 saturated carbocycles. The smallest absolute Gasteiger partial charge is 0.326 e. The zero-order valence-electron chi connectivity index (χ0n) is 3.10. The van der Waals surface area contributed by atoms with E-state index in [0.717, 1.165) is 0 Å². The molecule has 0 aromatic heterocycles. The molecule has 0 heterocycles. The van der Waals surface area contributed by atoms with Crippen LogP contribution in [0.1, 0.15) is 0 Å². The van der Waals surface area contributed by atoms with Crippen molar-refractivity contribution in [2.75, 3.05) is 0 Å². The van der Waals surface area contributed by atoms with Gasteiger partial charge in [0.2, 0.25) is 0 Å². The maximum atomic E-state index is 10.7. The molecule has 0 amide bonds. The molecule has 0 radical (unpaired) electrons. The average Bonchev–Trinajstić information content (AvgIpc) is 1.27. The SMILES string of the molecule is O=[PH](O)OC(F)F. The van der Waals surface area contributed by atoms with Crippen LogP contribution in [0.25, 0.3) is 0 Å². The molecule has 0 aliphatic heterocycles. The van der Waals surface area contributed by atoms with E-state index in [9.17, 15) is 13.3 Å². The fourth-order valence-corrected chi connectivity index (χ4v) is 0.229. The second-order valence-electron chi connectivity index (χ2n) is 0.644. The van der Waals surface area contributed by atoms with Crippen molar-refractivity contribution in [1.29, 1.82) is 0 Å². The van der Waals surface area contributed by atoms with Gasteiger partial charge in [-0.2, -0.15) is 8.78 Å². The van der Waals surface area contributed by atoms with Crippen LogP contribution >= 0.6 is 8.25 Å². The molecule has 44 valence electrons. The molecule has 1 unspecified atom stereocenters.